The lowest BCUT2D eigenvalue weighted by Gasteiger charge is -2.21. The summed E-state index contributed by atoms with van der Waals surface area (Å²) in [5.41, 5.74) is 6.56. The number of hydrogen-bond donors (Lipinski definition) is 0. The number of hydrogen-bond acceptors (Lipinski definition) is 3. The van der Waals surface area contributed by atoms with Crippen molar-refractivity contribution in [3.63, 3.8) is 0 Å². The lowest BCUT2D eigenvalue weighted by molar-refractivity contribution is -0.495. The first-order valence-electron chi connectivity index (χ1n) is 13.7. The second-order valence-electron chi connectivity index (χ2n) is 9.97. The molecule has 2 heterocycles. The average molecular weight is 535 g/mol. The second kappa shape index (κ2) is 10.8. The normalized spacial score (nSPS) is 14.8. The molecule has 40 heavy (non-hydrogen) atoms. The predicted octanol–water partition coefficient (Wildman–Crippen LogP) is 5.20. The van der Waals surface area contributed by atoms with E-state index < -0.39 is 0 Å². The van der Waals surface area contributed by atoms with Gasteiger partial charge in [-0.05, 0) is 62.7 Å². The largest absolute Gasteiger partial charge is 0.372 e. The summed E-state index contributed by atoms with van der Waals surface area (Å²) >= 11 is 0. The first kappa shape index (κ1) is 26.9. The van der Waals surface area contributed by atoms with Gasteiger partial charge in [-0.3, -0.25) is 14.3 Å². The number of nitrogens with zero attached hydrogens (tertiary/aromatic N) is 5. The van der Waals surface area contributed by atoms with E-state index in [2.05, 4.69) is 30.9 Å². The van der Waals surface area contributed by atoms with E-state index in [1.165, 1.54) is 0 Å². The molecule has 0 spiro atoms. The Morgan fingerprint density at radius 2 is 1.35 bits per heavy atom. The molecule has 0 unspecified atom stereocenters. The SMILES string of the molecule is CCN(CC)c1ccc(C(=C2C(=O)N(c3ccccc3)[N+](C)=C2C)c2c(C)n(C)n(-c3ccccc3)c2=O)cc1. The molecule has 1 amide bonds. The molecule has 4 aromatic rings. The third-order valence-electron chi connectivity index (χ3n) is 7.89. The van der Waals surface area contributed by atoms with Crippen molar-refractivity contribution in [3.05, 3.63) is 118 Å². The smallest absolute Gasteiger partial charge is 0.320 e. The van der Waals surface area contributed by atoms with Gasteiger partial charge in [-0.15, -0.1) is 4.68 Å². The number of hydrazine groups is 1. The zero-order chi connectivity index (χ0) is 28.6. The van der Waals surface area contributed by atoms with Crippen molar-refractivity contribution < 1.29 is 9.48 Å². The molecular formula is C33H36N5O2+. The average Bonchev–Trinajstić information content (AvgIpc) is 3.33. The first-order valence-corrected chi connectivity index (χ1v) is 13.7. The molecule has 7 nitrogen and oxygen atoms in total. The van der Waals surface area contributed by atoms with Gasteiger partial charge in [-0.1, -0.05) is 53.5 Å². The fraction of sp³-hybridized carbons (Fsp3) is 0.242. The Labute approximate surface area is 235 Å². The molecule has 0 fully saturated rings. The number of hydrazone groups is 1. The van der Waals surface area contributed by atoms with Crippen LogP contribution >= 0.6 is 0 Å². The fourth-order valence-corrected chi connectivity index (χ4v) is 5.55. The lowest BCUT2D eigenvalue weighted by Crippen LogP contribution is -2.33. The zero-order valence-corrected chi connectivity index (χ0v) is 24.0. The van der Waals surface area contributed by atoms with Crippen LogP contribution in [0.5, 0.6) is 0 Å². The highest BCUT2D eigenvalue weighted by atomic mass is 16.2. The first-order chi connectivity index (χ1) is 19.3. The monoisotopic (exact) mass is 534 g/mol. The predicted molar refractivity (Wildman–Crippen MR) is 163 cm³/mol. The van der Waals surface area contributed by atoms with Gasteiger partial charge in [-0.25, -0.2) is 4.68 Å². The minimum absolute atomic E-state index is 0.164. The van der Waals surface area contributed by atoms with E-state index in [1.807, 2.05) is 110 Å². The quantitative estimate of drug-likeness (QED) is 0.242. The van der Waals surface area contributed by atoms with Gasteiger partial charge in [-0.2, -0.15) is 0 Å². The molecule has 0 radical (unpaired) electrons. The molecule has 0 atom stereocenters. The Kier molecular flexibility index (Phi) is 7.30. The molecule has 204 valence electrons. The van der Waals surface area contributed by atoms with Crippen molar-refractivity contribution in [1.82, 2.24) is 9.36 Å². The Balaban J connectivity index is 1.80. The maximum atomic E-state index is 14.2. The molecule has 7 heteroatoms. The fourth-order valence-electron chi connectivity index (χ4n) is 5.55. The van der Waals surface area contributed by atoms with Crippen molar-refractivity contribution in [1.29, 1.82) is 0 Å². The number of aromatic nitrogens is 2. The minimum atomic E-state index is -0.164. The van der Waals surface area contributed by atoms with E-state index in [4.69, 9.17) is 0 Å². The number of benzene rings is 3. The summed E-state index contributed by atoms with van der Waals surface area (Å²) in [5, 5.41) is 1.67. The molecule has 1 aliphatic rings. The maximum absolute atomic E-state index is 14.2. The molecule has 0 bridgehead atoms. The summed E-state index contributed by atoms with van der Waals surface area (Å²) in [4.78, 5) is 30.8. The lowest BCUT2D eigenvalue weighted by atomic mass is 9.90. The number of carbonyl (C=O) groups is 1. The molecule has 3 aromatic carbocycles. The second-order valence-corrected chi connectivity index (χ2v) is 9.97. The van der Waals surface area contributed by atoms with Crippen molar-refractivity contribution >= 4 is 28.6 Å². The summed E-state index contributed by atoms with van der Waals surface area (Å²) in [6.45, 7) is 9.93. The van der Waals surface area contributed by atoms with Crippen molar-refractivity contribution in [2.24, 2.45) is 7.05 Å². The Morgan fingerprint density at radius 1 is 0.800 bits per heavy atom. The van der Waals surface area contributed by atoms with Gasteiger partial charge in [0.15, 0.2) is 7.05 Å². The third-order valence-corrected chi connectivity index (χ3v) is 7.89. The van der Waals surface area contributed by atoms with Crippen LogP contribution < -0.4 is 15.5 Å². The highest BCUT2D eigenvalue weighted by molar-refractivity contribution is 6.31. The van der Waals surface area contributed by atoms with E-state index in [9.17, 15) is 9.59 Å². The Hall–Kier alpha value is -4.65. The number of carbonyl (C=O) groups excluding carboxylic acids is 1. The van der Waals surface area contributed by atoms with Crippen molar-refractivity contribution in [2.75, 3.05) is 30.0 Å². The van der Waals surface area contributed by atoms with Crippen molar-refractivity contribution in [3.8, 4) is 5.69 Å². The van der Waals surface area contributed by atoms with E-state index >= 15 is 0 Å². The van der Waals surface area contributed by atoms with Crippen LogP contribution in [0.4, 0.5) is 11.4 Å². The molecule has 1 aliphatic heterocycles. The van der Waals surface area contributed by atoms with Crippen LogP contribution in [-0.4, -0.2) is 45.8 Å². The number of rotatable bonds is 7. The summed E-state index contributed by atoms with van der Waals surface area (Å²) in [5.74, 6) is -0.164. The van der Waals surface area contributed by atoms with Crippen LogP contribution in [-0.2, 0) is 11.8 Å². The van der Waals surface area contributed by atoms with Gasteiger partial charge < -0.3 is 4.90 Å². The topological polar surface area (TPSA) is 53.5 Å². The standard InChI is InChI=1S/C33H36N5O2/c1-7-36(8-2)26-21-19-25(20-22-26)31(29-23(3)34(5)37(32(29)39)27-15-11-9-12-16-27)30-24(4)35(6)38(33(30)40)28-17-13-10-14-18-28/h9-22H,7-8H2,1-6H3/q+1. The summed E-state index contributed by atoms with van der Waals surface area (Å²) < 4.78 is 5.40. The molecule has 0 saturated carbocycles. The van der Waals surface area contributed by atoms with Crippen LogP contribution in [0.25, 0.3) is 11.3 Å². The summed E-state index contributed by atoms with van der Waals surface area (Å²) in [6.07, 6.45) is 0. The number of anilines is 2. The van der Waals surface area contributed by atoms with E-state index in [0.29, 0.717) is 16.7 Å². The van der Waals surface area contributed by atoms with Crippen LogP contribution in [0.1, 0.15) is 37.6 Å². The molecule has 1 aromatic heterocycles. The van der Waals surface area contributed by atoms with Gasteiger partial charge in [0.2, 0.25) is 5.71 Å². The summed E-state index contributed by atoms with van der Waals surface area (Å²) in [6, 6.07) is 27.4. The Morgan fingerprint density at radius 3 is 1.90 bits per heavy atom. The van der Waals surface area contributed by atoms with Gasteiger partial charge in [0.05, 0.1) is 11.3 Å². The minimum Gasteiger partial charge on any atom is -0.372 e. The summed E-state index contributed by atoms with van der Waals surface area (Å²) in [7, 11) is 3.77. The highest BCUT2D eigenvalue weighted by Crippen LogP contribution is 2.34. The molecule has 0 N–H and O–H groups in total. The van der Waals surface area contributed by atoms with Gasteiger partial charge >= 0.3 is 5.91 Å². The van der Waals surface area contributed by atoms with Crippen LogP contribution in [0.2, 0.25) is 0 Å². The Bertz CT molecular complexity index is 1670. The third kappa shape index (κ3) is 4.37. The number of para-hydroxylation sites is 2. The number of amides is 1. The van der Waals surface area contributed by atoms with Gasteiger partial charge in [0.1, 0.15) is 11.3 Å². The van der Waals surface area contributed by atoms with Crippen LogP contribution in [0, 0.1) is 6.92 Å². The molecule has 0 aliphatic carbocycles. The van der Waals surface area contributed by atoms with Crippen LogP contribution in [0.15, 0.2) is 95.3 Å². The van der Waals surface area contributed by atoms with Gasteiger partial charge in [0.25, 0.3) is 5.56 Å². The molecule has 0 saturated heterocycles. The van der Waals surface area contributed by atoms with Crippen molar-refractivity contribution in [2.45, 2.75) is 27.7 Å². The van der Waals surface area contributed by atoms with Gasteiger partial charge in [0, 0.05) is 44.0 Å². The van der Waals surface area contributed by atoms with E-state index in [-0.39, 0.29) is 11.5 Å². The highest BCUT2D eigenvalue weighted by Gasteiger charge is 2.43. The zero-order valence-electron chi connectivity index (χ0n) is 24.0. The molecular weight excluding hydrogens is 498 g/mol. The van der Waals surface area contributed by atoms with E-state index in [0.717, 1.165) is 47.1 Å². The van der Waals surface area contributed by atoms with E-state index in [1.54, 1.807) is 9.69 Å². The maximum Gasteiger partial charge on any atom is 0.320 e. The molecule has 5 rings (SSSR count). The van der Waals surface area contributed by atoms with Crippen LogP contribution in [0.3, 0.4) is 0 Å².